The van der Waals surface area contributed by atoms with E-state index in [-0.39, 0.29) is 25.7 Å². The molecule has 19 heteroatoms. The Kier molecular flexibility index (Phi) is 54.3. The highest BCUT2D eigenvalue weighted by Crippen LogP contribution is 2.45. The SMILES string of the molecule is CCCCCCCCCCCCCCCCCC(=O)O[C@H](COC(=O)CCCCCCCCCCCC(C)C)COP(=O)(O)OC[C@@H](O)COP(=O)(O)OC[C@@H](COC(=O)CCCCCCC)OC(=O)CCCCCCCCCC(C)C. The summed E-state index contributed by atoms with van der Waals surface area (Å²) in [6, 6.07) is 0. The van der Waals surface area contributed by atoms with Crippen molar-refractivity contribution in [3.05, 3.63) is 0 Å². The van der Waals surface area contributed by atoms with Crippen molar-refractivity contribution in [3.8, 4) is 0 Å². The third kappa shape index (κ3) is 57.2. The van der Waals surface area contributed by atoms with E-state index in [4.69, 9.17) is 37.0 Å². The summed E-state index contributed by atoms with van der Waals surface area (Å²) < 4.78 is 67.8. The Morgan fingerprint density at radius 3 is 0.829 bits per heavy atom. The molecule has 0 aliphatic rings. The molecule has 0 radical (unpaired) electrons. The molecule has 0 spiro atoms. The van der Waals surface area contributed by atoms with Gasteiger partial charge in [0.05, 0.1) is 26.4 Å². The van der Waals surface area contributed by atoms with Gasteiger partial charge in [0.1, 0.15) is 19.3 Å². The van der Waals surface area contributed by atoms with E-state index in [0.29, 0.717) is 31.6 Å². The number of esters is 4. The zero-order valence-electron chi connectivity index (χ0n) is 52.8. The largest absolute Gasteiger partial charge is 0.472 e. The Hall–Kier alpha value is -1.94. The highest BCUT2D eigenvalue weighted by molar-refractivity contribution is 7.47. The van der Waals surface area contributed by atoms with E-state index in [9.17, 15) is 43.2 Å². The van der Waals surface area contributed by atoms with Gasteiger partial charge >= 0.3 is 39.5 Å². The summed E-state index contributed by atoms with van der Waals surface area (Å²) >= 11 is 0. The van der Waals surface area contributed by atoms with Gasteiger partial charge < -0.3 is 33.8 Å². The minimum absolute atomic E-state index is 0.102. The summed E-state index contributed by atoms with van der Waals surface area (Å²) in [6.45, 7) is 9.32. The number of hydrogen-bond donors (Lipinski definition) is 3. The molecule has 0 rings (SSSR count). The van der Waals surface area contributed by atoms with Crippen LogP contribution in [0.25, 0.3) is 0 Å². The molecule has 486 valence electrons. The summed E-state index contributed by atoms with van der Waals surface area (Å²) in [5, 5.41) is 10.5. The van der Waals surface area contributed by atoms with E-state index in [1.54, 1.807) is 0 Å². The summed E-state index contributed by atoms with van der Waals surface area (Å²) in [4.78, 5) is 71.9. The topological polar surface area (TPSA) is 237 Å². The van der Waals surface area contributed by atoms with Crippen molar-refractivity contribution in [1.29, 1.82) is 0 Å². The maximum absolute atomic E-state index is 13.0. The average molecular weight is 1210 g/mol. The number of unbranched alkanes of at least 4 members (excludes halogenated alkanes) is 32. The first-order chi connectivity index (χ1) is 39.4. The van der Waals surface area contributed by atoms with Gasteiger partial charge in [0.25, 0.3) is 0 Å². The molecule has 0 aromatic rings. The molecule has 2 unspecified atom stereocenters. The number of carbonyl (C=O) groups excluding carboxylic acids is 4. The molecule has 0 fully saturated rings. The van der Waals surface area contributed by atoms with Crippen molar-refractivity contribution in [2.24, 2.45) is 11.8 Å². The first kappa shape index (κ1) is 80.1. The first-order valence-corrected chi connectivity index (χ1v) is 36.0. The van der Waals surface area contributed by atoms with Crippen LogP contribution in [0, 0.1) is 11.8 Å². The summed E-state index contributed by atoms with van der Waals surface area (Å²) in [7, 11) is -9.88. The number of phosphoric ester groups is 2. The van der Waals surface area contributed by atoms with E-state index in [1.165, 1.54) is 122 Å². The smallest absolute Gasteiger partial charge is 0.462 e. The van der Waals surface area contributed by atoms with E-state index >= 15 is 0 Å². The van der Waals surface area contributed by atoms with Crippen LogP contribution in [0.1, 0.15) is 311 Å². The van der Waals surface area contributed by atoms with Crippen molar-refractivity contribution < 1.29 is 80.2 Å². The third-order valence-electron chi connectivity index (χ3n) is 14.5. The number of rotatable bonds is 62. The van der Waals surface area contributed by atoms with E-state index in [2.05, 4.69) is 41.5 Å². The summed E-state index contributed by atoms with van der Waals surface area (Å²) in [6.07, 6.45) is 38.0. The highest BCUT2D eigenvalue weighted by atomic mass is 31.2. The van der Waals surface area contributed by atoms with Crippen LogP contribution in [0.5, 0.6) is 0 Å². The number of aliphatic hydroxyl groups is 1. The van der Waals surface area contributed by atoms with Crippen molar-refractivity contribution in [2.75, 3.05) is 39.6 Å². The fourth-order valence-corrected chi connectivity index (χ4v) is 10.9. The fraction of sp³-hybridized carbons (Fsp3) is 0.937. The maximum Gasteiger partial charge on any atom is 0.472 e. The Morgan fingerprint density at radius 1 is 0.329 bits per heavy atom. The lowest BCUT2D eigenvalue weighted by Crippen LogP contribution is -2.30. The Bertz CT molecular complexity index is 1620. The van der Waals surface area contributed by atoms with E-state index in [1.807, 2.05) is 0 Å². The normalized spacial score (nSPS) is 14.3. The van der Waals surface area contributed by atoms with Crippen LogP contribution < -0.4 is 0 Å². The zero-order valence-corrected chi connectivity index (χ0v) is 54.6. The number of ether oxygens (including phenoxy) is 4. The molecule has 82 heavy (non-hydrogen) atoms. The molecule has 0 heterocycles. The molecule has 0 aliphatic carbocycles. The van der Waals surface area contributed by atoms with Crippen molar-refractivity contribution in [3.63, 3.8) is 0 Å². The molecule has 0 saturated carbocycles. The minimum atomic E-state index is -4.94. The fourth-order valence-electron chi connectivity index (χ4n) is 9.35. The van der Waals surface area contributed by atoms with Gasteiger partial charge in [-0.25, -0.2) is 9.13 Å². The van der Waals surface area contributed by atoms with Crippen LogP contribution in [0.4, 0.5) is 0 Å². The molecule has 0 aromatic carbocycles. The monoisotopic (exact) mass is 1210 g/mol. The standard InChI is InChI=1S/C63H122O17P2/c1-7-9-11-13-14-15-16-17-18-19-20-23-29-35-41-47-62(67)80-59(52-74-61(66)46-40-34-28-24-21-22-26-32-37-43-55(3)4)54-78-82(71,72)76-50-57(64)49-75-81(69,70)77-53-58(51-73-60(65)45-39-31-12-10-8-2)79-63(68)48-42-36-30-25-27-33-38-44-56(5)6/h55-59,64H,7-54H2,1-6H3,(H,69,70)(H,71,72)/t57-,58+,59+/m0/s1. The molecule has 0 aliphatic heterocycles. The molecule has 0 saturated heterocycles. The van der Waals surface area contributed by atoms with Crippen LogP contribution in [-0.4, -0.2) is 96.7 Å². The maximum atomic E-state index is 13.0. The second kappa shape index (κ2) is 55.6. The lowest BCUT2D eigenvalue weighted by atomic mass is 10.0. The van der Waals surface area contributed by atoms with Crippen molar-refractivity contribution in [1.82, 2.24) is 0 Å². The third-order valence-corrected chi connectivity index (χ3v) is 16.4. The number of aliphatic hydroxyl groups excluding tert-OH is 1. The minimum Gasteiger partial charge on any atom is -0.462 e. The number of carbonyl (C=O) groups is 4. The van der Waals surface area contributed by atoms with Crippen LogP contribution in [0.15, 0.2) is 0 Å². The summed E-state index contributed by atoms with van der Waals surface area (Å²) in [5.41, 5.74) is 0. The van der Waals surface area contributed by atoms with Gasteiger partial charge in [-0.3, -0.25) is 37.3 Å². The van der Waals surface area contributed by atoms with Crippen LogP contribution in [0.3, 0.4) is 0 Å². The summed E-state index contributed by atoms with van der Waals surface area (Å²) in [5.74, 6) is -0.707. The van der Waals surface area contributed by atoms with Crippen molar-refractivity contribution in [2.45, 2.75) is 330 Å². The Balaban J connectivity index is 5.18. The lowest BCUT2D eigenvalue weighted by molar-refractivity contribution is -0.161. The molecule has 5 atom stereocenters. The molecule has 0 bridgehead atoms. The molecule has 3 N–H and O–H groups in total. The lowest BCUT2D eigenvalue weighted by Gasteiger charge is -2.21. The van der Waals surface area contributed by atoms with Crippen molar-refractivity contribution >= 4 is 39.5 Å². The Labute approximate surface area is 498 Å². The predicted octanol–water partition coefficient (Wildman–Crippen LogP) is 17.3. The average Bonchev–Trinajstić information content (AvgIpc) is 3.44. The predicted molar refractivity (Wildman–Crippen MR) is 326 cm³/mol. The van der Waals surface area contributed by atoms with Gasteiger partial charge in [0.15, 0.2) is 12.2 Å². The second-order valence-corrected chi connectivity index (χ2v) is 26.7. The molecular formula is C63H122O17P2. The van der Waals surface area contributed by atoms with Gasteiger partial charge in [-0.15, -0.1) is 0 Å². The van der Waals surface area contributed by atoms with Gasteiger partial charge in [-0.1, -0.05) is 260 Å². The van der Waals surface area contributed by atoms with E-state index in [0.717, 1.165) is 102 Å². The van der Waals surface area contributed by atoms with Gasteiger partial charge in [0.2, 0.25) is 0 Å². The molecule has 17 nitrogen and oxygen atoms in total. The van der Waals surface area contributed by atoms with Gasteiger partial charge in [0, 0.05) is 25.7 Å². The zero-order chi connectivity index (χ0) is 60.8. The van der Waals surface area contributed by atoms with Crippen LogP contribution in [-0.2, 0) is 65.4 Å². The number of hydrogen-bond acceptors (Lipinski definition) is 15. The first-order valence-electron chi connectivity index (χ1n) is 33.0. The highest BCUT2D eigenvalue weighted by Gasteiger charge is 2.30. The van der Waals surface area contributed by atoms with Gasteiger partial charge in [-0.2, -0.15) is 0 Å². The van der Waals surface area contributed by atoms with Gasteiger partial charge in [-0.05, 0) is 37.5 Å². The number of phosphoric acid groups is 2. The molecular weight excluding hydrogens is 1090 g/mol. The molecule has 0 amide bonds. The van der Waals surface area contributed by atoms with E-state index < -0.39 is 97.5 Å². The Morgan fingerprint density at radius 2 is 0.561 bits per heavy atom. The quantitative estimate of drug-likeness (QED) is 0.0222. The molecule has 0 aromatic heterocycles. The second-order valence-electron chi connectivity index (χ2n) is 23.7. The van der Waals surface area contributed by atoms with Crippen LogP contribution in [0.2, 0.25) is 0 Å². The van der Waals surface area contributed by atoms with Crippen LogP contribution >= 0.6 is 15.6 Å².